The summed E-state index contributed by atoms with van der Waals surface area (Å²) in [5.74, 6) is 0.385. The standard InChI is InChI=1S/C18H24N4O5S2/c1-18(2,3)27-17(24)22-7-5-11(6-8-22)19-14-13-9-12(10-23)28-15(13)21-16(20-14)29(4,25)26/h9-11H,5-8H2,1-4H3,(H,19,20,21). The first-order valence-corrected chi connectivity index (χ1v) is 11.9. The number of piperidine rings is 1. The number of amides is 1. The lowest BCUT2D eigenvalue weighted by molar-refractivity contribution is 0.0210. The zero-order chi connectivity index (χ0) is 21.4. The molecule has 1 aliphatic heterocycles. The molecule has 0 aromatic carbocycles. The number of rotatable bonds is 4. The second kappa shape index (κ2) is 7.86. The van der Waals surface area contributed by atoms with Crippen LogP contribution in [-0.2, 0) is 14.6 Å². The predicted molar refractivity (Wildman–Crippen MR) is 110 cm³/mol. The molecule has 0 bridgehead atoms. The number of hydrogen-bond acceptors (Lipinski definition) is 9. The van der Waals surface area contributed by atoms with Gasteiger partial charge in [0.25, 0.3) is 0 Å². The van der Waals surface area contributed by atoms with Crippen molar-refractivity contribution < 1.29 is 22.7 Å². The first-order valence-electron chi connectivity index (χ1n) is 9.17. The van der Waals surface area contributed by atoms with E-state index in [2.05, 4.69) is 15.3 Å². The number of aldehydes is 1. The molecule has 2 aromatic rings. The quantitative estimate of drug-likeness (QED) is 0.569. The molecule has 1 fully saturated rings. The number of anilines is 1. The molecule has 29 heavy (non-hydrogen) atoms. The lowest BCUT2D eigenvalue weighted by Gasteiger charge is -2.34. The van der Waals surface area contributed by atoms with Crippen LogP contribution in [0.1, 0.15) is 43.3 Å². The van der Waals surface area contributed by atoms with Crippen LogP contribution in [0.4, 0.5) is 10.6 Å². The molecule has 11 heteroatoms. The third kappa shape index (κ3) is 5.21. The number of sulfone groups is 1. The normalized spacial score (nSPS) is 16.1. The van der Waals surface area contributed by atoms with Crippen molar-refractivity contribution in [2.45, 2.75) is 50.4 Å². The highest BCUT2D eigenvalue weighted by Gasteiger charge is 2.28. The first-order chi connectivity index (χ1) is 13.5. The number of thiophene rings is 1. The van der Waals surface area contributed by atoms with Crippen LogP contribution in [-0.4, -0.2) is 66.7 Å². The summed E-state index contributed by atoms with van der Waals surface area (Å²) in [4.78, 5) is 34.2. The fourth-order valence-electron chi connectivity index (χ4n) is 2.98. The van der Waals surface area contributed by atoms with E-state index in [0.717, 1.165) is 17.6 Å². The number of fused-ring (bicyclic) bond motifs is 1. The van der Waals surface area contributed by atoms with Crippen molar-refractivity contribution in [2.75, 3.05) is 24.7 Å². The van der Waals surface area contributed by atoms with Crippen LogP contribution in [0.15, 0.2) is 11.2 Å². The molecule has 0 aliphatic carbocycles. The lowest BCUT2D eigenvalue weighted by Crippen LogP contribution is -2.44. The minimum Gasteiger partial charge on any atom is -0.444 e. The number of carbonyl (C=O) groups is 2. The maximum absolute atomic E-state index is 12.2. The molecule has 3 heterocycles. The Bertz CT molecular complexity index is 1030. The molecule has 0 saturated carbocycles. The van der Waals surface area contributed by atoms with Gasteiger partial charge in [-0.25, -0.2) is 23.2 Å². The van der Waals surface area contributed by atoms with Crippen LogP contribution in [0, 0.1) is 0 Å². The van der Waals surface area contributed by atoms with Crippen LogP contribution in [0.5, 0.6) is 0 Å². The molecular weight excluding hydrogens is 416 g/mol. The maximum Gasteiger partial charge on any atom is 0.410 e. The van der Waals surface area contributed by atoms with Gasteiger partial charge in [0, 0.05) is 25.4 Å². The van der Waals surface area contributed by atoms with Crippen molar-refractivity contribution in [3.8, 4) is 0 Å². The highest BCUT2D eigenvalue weighted by Crippen LogP contribution is 2.30. The summed E-state index contributed by atoms with van der Waals surface area (Å²) < 4.78 is 29.3. The predicted octanol–water partition coefficient (Wildman–Crippen LogP) is 2.72. The Labute approximate surface area is 173 Å². The molecule has 3 rings (SSSR count). The van der Waals surface area contributed by atoms with E-state index in [4.69, 9.17) is 4.74 Å². The minimum atomic E-state index is -3.61. The van der Waals surface area contributed by atoms with E-state index in [0.29, 0.717) is 53.1 Å². The maximum atomic E-state index is 12.2. The van der Waals surface area contributed by atoms with Crippen LogP contribution in [0.25, 0.3) is 10.2 Å². The third-order valence-corrected chi connectivity index (χ3v) is 6.13. The molecule has 1 aliphatic rings. The number of likely N-dealkylation sites (tertiary alicyclic amines) is 1. The Morgan fingerprint density at radius 1 is 1.31 bits per heavy atom. The SMILES string of the molecule is CC(C)(C)OC(=O)N1CCC(Nc2nc(S(C)(=O)=O)nc3sc(C=O)cc23)CC1. The van der Waals surface area contributed by atoms with E-state index < -0.39 is 15.4 Å². The van der Waals surface area contributed by atoms with Crippen LogP contribution in [0.2, 0.25) is 0 Å². The summed E-state index contributed by atoms with van der Waals surface area (Å²) in [6.45, 7) is 6.51. The molecule has 0 spiro atoms. The molecule has 1 amide bonds. The summed E-state index contributed by atoms with van der Waals surface area (Å²) in [7, 11) is -3.61. The molecule has 2 aromatic heterocycles. The van der Waals surface area contributed by atoms with Crippen molar-refractivity contribution in [1.82, 2.24) is 14.9 Å². The number of ether oxygens (including phenoxy) is 1. The molecule has 1 saturated heterocycles. The van der Waals surface area contributed by atoms with Gasteiger partial charge in [-0.2, -0.15) is 0 Å². The fourth-order valence-corrected chi connectivity index (χ4v) is 4.40. The molecular formula is C18H24N4O5S2. The van der Waals surface area contributed by atoms with Crippen molar-refractivity contribution in [2.24, 2.45) is 0 Å². The van der Waals surface area contributed by atoms with E-state index in [-0.39, 0.29) is 17.3 Å². The van der Waals surface area contributed by atoms with Gasteiger partial charge in [-0.05, 0) is 39.7 Å². The molecule has 158 valence electrons. The van der Waals surface area contributed by atoms with Gasteiger partial charge in [-0.15, -0.1) is 11.3 Å². The Balaban J connectivity index is 1.78. The summed E-state index contributed by atoms with van der Waals surface area (Å²) in [5, 5.41) is 3.61. The Morgan fingerprint density at radius 2 is 1.97 bits per heavy atom. The zero-order valence-electron chi connectivity index (χ0n) is 16.8. The highest BCUT2D eigenvalue weighted by atomic mass is 32.2. The molecule has 1 N–H and O–H groups in total. The fraction of sp³-hybridized carbons (Fsp3) is 0.556. The lowest BCUT2D eigenvalue weighted by atomic mass is 10.1. The third-order valence-electron chi connectivity index (χ3n) is 4.33. The van der Waals surface area contributed by atoms with E-state index in [1.165, 1.54) is 0 Å². The molecule has 0 unspecified atom stereocenters. The summed E-state index contributed by atoms with van der Waals surface area (Å²) in [6.07, 6.45) is 2.72. The van der Waals surface area contributed by atoms with E-state index in [1.807, 2.05) is 20.8 Å². The summed E-state index contributed by atoms with van der Waals surface area (Å²) >= 11 is 1.12. The van der Waals surface area contributed by atoms with Gasteiger partial charge in [0.05, 0.1) is 10.3 Å². The van der Waals surface area contributed by atoms with Crippen LogP contribution in [0.3, 0.4) is 0 Å². The average molecular weight is 441 g/mol. The molecule has 0 radical (unpaired) electrons. The number of nitrogens with one attached hydrogen (secondary N) is 1. The van der Waals surface area contributed by atoms with Gasteiger partial charge in [0.15, 0.2) is 6.29 Å². The molecule has 0 atom stereocenters. The largest absolute Gasteiger partial charge is 0.444 e. The highest BCUT2D eigenvalue weighted by molar-refractivity contribution is 7.90. The van der Waals surface area contributed by atoms with E-state index in [9.17, 15) is 18.0 Å². The first kappa shape index (κ1) is 21.4. The summed E-state index contributed by atoms with van der Waals surface area (Å²) in [6, 6.07) is 1.65. The Morgan fingerprint density at radius 3 is 2.52 bits per heavy atom. The monoisotopic (exact) mass is 440 g/mol. The number of hydrogen-bond donors (Lipinski definition) is 1. The Kier molecular flexibility index (Phi) is 5.81. The number of aromatic nitrogens is 2. The number of carbonyl (C=O) groups excluding carboxylic acids is 2. The van der Waals surface area contributed by atoms with Crippen LogP contribution < -0.4 is 5.32 Å². The van der Waals surface area contributed by atoms with E-state index in [1.54, 1.807) is 11.0 Å². The molecule has 9 nitrogen and oxygen atoms in total. The zero-order valence-corrected chi connectivity index (χ0v) is 18.4. The minimum absolute atomic E-state index is 0.00113. The number of nitrogens with zero attached hydrogens (tertiary/aromatic N) is 3. The smallest absolute Gasteiger partial charge is 0.410 e. The van der Waals surface area contributed by atoms with Crippen molar-refractivity contribution in [3.63, 3.8) is 0 Å². The summed E-state index contributed by atoms with van der Waals surface area (Å²) in [5.41, 5.74) is -0.546. The van der Waals surface area contributed by atoms with Gasteiger partial charge >= 0.3 is 6.09 Å². The van der Waals surface area contributed by atoms with Gasteiger partial charge < -0.3 is 15.0 Å². The van der Waals surface area contributed by atoms with Crippen molar-refractivity contribution >= 4 is 49.6 Å². The van der Waals surface area contributed by atoms with Gasteiger partial charge in [-0.3, -0.25) is 4.79 Å². The Hall–Kier alpha value is -2.27. The van der Waals surface area contributed by atoms with Crippen LogP contribution >= 0.6 is 11.3 Å². The van der Waals surface area contributed by atoms with E-state index >= 15 is 0 Å². The second-order valence-electron chi connectivity index (χ2n) is 8.00. The van der Waals surface area contributed by atoms with Crippen molar-refractivity contribution in [1.29, 1.82) is 0 Å². The van der Waals surface area contributed by atoms with Gasteiger partial charge in [0.2, 0.25) is 15.0 Å². The van der Waals surface area contributed by atoms with Gasteiger partial charge in [-0.1, -0.05) is 0 Å². The van der Waals surface area contributed by atoms with Gasteiger partial charge in [0.1, 0.15) is 16.2 Å². The van der Waals surface area contributed by atoms with Crippen molar-refractivity contribution in [3.05, 3.63) is 10.9 Å². The second-order valence-corrected chi connectivity index (χ2v) is 11.0. The topological polar surface area (TPSA) is 119 Å². The average Bonchev–Trinajstić information content (AvgIpc) is 3.03.